The standard InChI is InChI=1S/C19H7F8NO6S/c20-13-14(21)16(23)18(17(24)15(13)22)34-35(31,32)10-4-2-9(3-5-10)33-12-6-1-8(19(25,26)27)7-11(12)28(29)30/h1-7H. The maximum atomic E-state index is 13.7. The summed E-state index contributed by atoms with van der Waals surface area (Å²) in [5, 5.41) is 11.1. The Morgan fingerprint density at radius 2 is 1.31 bits per heavy atom. The van der Waals surface area contributed by atoms with Crippen molar-refractivity contribution in [3.05, 3.63) is 87.2 Å². The Bertz CT molecular complexity index is 1400. The quantitative estimate of drug-likeness (QED) is 0.0990. The number of hydrogen-bond acceptors (Lipinski definition) is 6. The average molecular weight is 529 g/mol. The summed E-state index contributed by atoms with van der Waals surface area (Å²) in [5.74, 6) is -15.6. The fraction of sp³-hybridized carbons (Fsp3) is 0.0526. The van der Waals surface area contributed by atoms with Crippen molar-refractivity contribution in [3.8, 4) is 17.2 Å². The largest absolute Gasteiger partial charge is 0.450 e. The molecule has 3 aromatic rings. The predicted molar refractivity (Wildman–Crippen MR) is 98.7 cm³/mol. The molecule has 0 aliphatic rings. The van der Waals surface area contributed by atoms with E-state index in [4.69, 9.17) is 4.74 Å². The van der Waals surface area contributed by atoms with E-state index < -0.39 is 77.9 Å². The second-order valence-electron chi connectivity index (χ2n) is 6.45. The molecule has 7 nitrogen and oxygen atoms in total. The van der Waals surface area contributed by atoms with Crippen molar-refractivity contribution in [3.63, 3.8) is 0 Å². The molecule has 0 amide bonds. The number of halogens is 8. The van der Waals surface area contributed by atoms with E-state index in [-0.39, 0.29) is 11.8 Å². The van der Waals surface area contributed by atoms with Crippen molar-refractivity contribution in [1.82, 2.24) is 0 Å². The molecule has 0 atom stereocenters. The molecular formula is C19H7F8NO6S. The van der Waals surface area contributed by atoms with Crippen LogP contribution in [0.1, 0.15) is 5.56 Å². The van der Waals surface area contributed by atoms with Crippen molar-refractivity contribution in [2.75, 3.05) is 0 Å². The zero-order chi connectivity index (χ0) is 26.3. The van der Waals surface area contributed by atoms with Crippen LogP contribution in [0.3, 0.4) is 0 Å². The van der Waals surface area contributed by atoms with Gasteiger partial charge in [-0.15, -0.1) is 0 Å². The Morgan fingerprint density at radius 3 is 1.80 bits per heavy atom. The number of ether oxygens (including phenoxy) is 1. The zero-order valence-corrected chi connectivity index (χ0v) is 17.2. The first-order valence-corrected chi connectivity index (χ1v) is 10.1. The Balaban J connectivity index is 1.90. The molecule has 0 N–H and O–H groups in total. The molecule has 35 heavy (non-hydrogen) atoms. The van der Waals surface area contributed by atoms with Gasteiger partial charge in [-0.05, 0) is 36.4 Å². The summed E-state index contributed by atoms with van der Waals surface area (Å²) in [6.07, 6.45) is -4.88. The summed E-state index contributed by atoms with van der Waals surface area (Å²) in [6.45, 7) is 0. The second-order valence-corrected chi connectivity index (χ2v) is 7.99. The first-order valence-electron chi connectivity index (χ1n) is 8.73. The Kier molecular flexibility index (Phi) is 6.61. The van der Waals surface area contributed by atoms with Crippen LogP contribution < -0.4 is 8.92 Å². The van der Waals surface area contributed by atoms with E-state index in [1.165, 1.54) is 0 Å². The lowest BCUT2D eigenvalue weighted by Gasteiger charge is -2.12. The van der Waals surface area contributed by atoms with Gasteiger partial charge in [0.1, 0.15) is 10.6 Å². The van der Waals surface area contributed by atoms with E-state index in [2.05, 4.69) is 4.18 Å². The summed E-state index contributed by atoms with van der Waals surface area (Å²) in [5.41, 5.74) is -2.39. The summed E-state index contributed by atoms with van der Waals surface area (Å²) < 4.78 is 139. The van der Waals surface area contributed by atoms with Crippen LogP contribution in [-0.4, -0.2) is 13.3 Å². The number of nitro benzene ring substituents is 1. The molecule has 0 spiro atoms. The van der Waals surface area contributed by atoms with Crippen LogP contribution >= 0.6 is 0 Å². The normalized spacial score (nSPS) is 11.9. The summed E-state index contributed by atoms with van der Waals surface area (Å²) in [6, 6.07) is 4.37. The van der Waals surface area contributed by atoms with E-state index >= 15 is 0 Å². The zero-order valence-electron chi connectivity index (χ0n) is 16.4. The van der Waals surface area contributed by atoms with Gasteiger partial charge < -0.3 is 8.92 Å². The number of benzene rings is 3. The number of hydrogen-bond donors (Lipinski definition) is 0. The van der Waals surface area contributed by atoms with Gasteiger partial charge >= 0.3 is 22.0 Å². The summed E-state index contributed by atoms with van der Waals surface area (Å²) in [4.78, 5) is 9.08. The Hall–Kier alpha value is -3.95. The van der Waals surface area contributed by atoms with E-state index in [1.807, 2.05) is 0 Å². The van der Waals surface area contributed by atoms with E-state index in [9.17, 15) is 53.7 Å². The fourth-order valence-corrected chi connectivity index (χ4v) is 3.47. The van der Waals surface area contributed by atoms with Gasteiger partial charge in [0.15, 0.2) is 0 Å². The molecule has 16 heteroatoms. The maximum Gasteiger partial charge on any atom is 0.416 e. The minimum atomic E-state index is -5.16. The molecule has 3 aromatic carbocycles. The molecule has 186 valence electrons. The number of nitrogens with zero attached hydrogens (tertiary/aromatic N) is 1. The molecule has 0 heterocycles. The maximum absolute atomic E-state index is 13.7. The lowest BCUT2D eigenvalue weighted by Crippen LogP contribution is -2.14. The second kappa shape index (κ2) is 9.01. The van der Waals surface area contributed by atoms with Gasteiger partial charge in [0.25, 0.3) is 0 Å². The minimum absolute atomic E-state index is 0.214. The minimum Gasteiger partial charge on any atom is -0.450 e. The predicted octanol–water partition coefficient (Wildman–Crippen LogP) is 5.87. The van der Waals surface area contributed by atoms with E-state index in [0.29, 0.717) is 24.3 Å². The fourth-order valence-electron chi connectivity index (χ4n) is 2.54. The highest BCUT2D eigenvalue weighted by molar-refractivity contribution is 7.87. The highest BCUT2D eigenvalue weighted by Crippen LogP contribution is 2.38. The topological polar surface area (TPSA) is 95.7 Å². The molecule has 0 aromatic heterocycles. The van der Waals surface area contributed by atoms with Gasteiger partial charge in [0.2, 0.25) is 40.6 Å². The number of rotatable bonds is 6. The molecule has 0 saturated carbocycles. The van der Waals surface area contributed by atoms with Gasteiger partial charge in [-0.3, -0.25) is 10.1 Å². The van der Waals surface area contributed by atoms with Gasteiger partial charge in [-0.1, -0.05) is 0 Å². The molecule has 0 unspecified atom stereocenters. The summed E-state index contributed by atoms with van der Waals surface area (Å²) >= 11 is 0. The number of nitro groups is 1. The third kappa shape index (κ3) is 5.11. The molecule has 0 saturated heterocycles. The third-order valence-corrected chi connectivity index (χ3v) is 5.42. The van der Waals surface area contributed by atoms with Crippen molar-refractivity contribution in [1.29, 1.82) is 0 Å². The van der Waals surface area contributed by atoms with E-state index in [0.717, 1.165) is 12.1 Å². The van der Waals surface area contributed by atoms with Crippen LogP contribution in [0.2, 0.25) is 0 Å². The van der Waals surface area contributed by atoms with Crippen molar-refractivity contribution < 1.29 is 57.4 Å². The Morgan fingerprint density at radius 1 is 0.800 bits per heavy atom. The smallest absolute Gasteiger partial charge is 0.416 e. The van der Waals surface area contributed by atoms with Crippen LogP contribution in [-0.2, 0) is 16.3 Å². The first-order chi connectivity index (χ1) is 16.1. The van der Waals surface area contributed by atoms with Crippen molar-refractivity contribution in [2.24, 2.45) is 0 Å². The van der Waals surface area contributed by atoms with Gasteiger partial charge in [0.05, 0.1) is 10.5 Å². The lowest BCUT2D eigenvalue weighted by atomic mass is 10.2. The first kappa shape index (κ1) is 25.7. The SMILES string of the molecule is O=[N+]([O-])c1cc(C(F)(F)F)ccc1Oc1ccc(S(=O)(=O)Oc2c(F)c(F)c(F)c(F)c2F)cc1. The van der Waals surface area contributed by atoms with Gasteiger partial charge in [-0.2, -0.15) is 30.4 Å². The molecular weight excluding hydrogens is 522 g/mol. The van der Waals surface area contributed by atoms with Crippen LogP contribution in [0.15, 0.2) is 47.4 Å². The monoisotopic (exact) mass is 529 g/mol. The van der Waals surface area contributed by atoms with E-state index in [1.54, 1.807) is 0 Å². The van der Waals surface area contributed by atoms with Crippen LogP contribution in [0.5, 0.6) is 17.2 Å². The highest BCUT2D eigenvalue weighted by atomic mass is 32.2. The summed E-state index contributed by atoms with van der Waals surface area (Å²) in [7, 11) is -5.16. The molecule has 0 aliphatic heterocycles. The van der Waals surface area contributed by atoms with Gasteiger partial charge in [-0.25, -0.2) is 13.2 Å². The van der Waals surface area contributed by atoms with Crippen molar-refractivity contribution in [2.45, 2.75) is 11.1 Å². The third-order valence-electron chi connectivity index (χ3n) is 4.19. The molecule has 0 fully saturated rings. The van der Waals surface area contributed by atoms with Crippen LogP contribution in [0.4, 0.5) is 40.8 Å². The molecule has 3 rings (SSSR count). The number of alkyl halides is 3. The van der Waals surface area contributed by atoms with Gasteiger partial charge in [0, 0.05) is 6.07 Å². The Labute approximate surface area is 189 Å². The lowest BCUT2D eigenvalue weighted by molar-refractivity contribution is -0.385. The van der Waals surface area contributed by atoms with Crippen molar-refractivity contribution >= 4 is 15.8 Å². The molecule has 0 radical (unpaired) electrons. The van der Waals surface area contributed by atoms with Crippen LogP contribution in [0.25, 0.3) is 0 Å². The molecule has 0 bridgehead atoms. The highest BCUT2D eigenvalue weighted by Gasteiger charge is 2.34. The molecule has 0 aliphatic carbocycles. The average Bonchev–Trinajstić information content (AvgIpc) is 2.79. The van der Waals surface area contributed by atoms with Crippen LogP contribution in [0, 0.1) is 39.2 Å².